The zero-order valence-electron chi connectivity index (χ0n) is 5.23. The highest BCUT2D eigenvalue weighted by molar-refractivity contribution is 5.82. The maximum Gasteiger partial charge on any atom is 0.257 e. The first-order chi connectivity index (χ1) is 4.16. The summed E-state index contributed by atoms with van der Waals surface area (Å²) in [5.74, 6) is -0.965. The van der Waals surface area contributed by atoms with Crippen molar-refractivity contribution in [1.82, 2.24) is 11.1 Å². The molecule has 0 saturated heterocycles. The van der Waals surface area contributed by atoms with Crippen molar-refractivity contribution in [3.05, 3.63) is 0 Å². The summed E-state index contributed by atoms with van der Waals surface area (Å²) < 4.78 is 0. The third kappa shape index (κ3) is 4.80. The van der Waals surface area contributed by atoms with Crippen LogP contribution < -0.4 is 11.1 Å². The number of rotatable bonds is 3. The van der Waals surface area contributed by atoms with E-state index in [1.54, 1.807) is 6.92 Å². The fourth-order valence-electron chi connectivity index (χ4n) is 0.304. The quantitative estimate of drug-likeness (QED) is 0.548. The fraction of sp³-hybridized carbons (Fsp3) is 0.600. The molecule has 0 saturated carbocycles. The van der Waals surface area contributed by atoms with Gasteiger partial charge in [-0.1, -0.05) is 6.92 Å². The van der Waals surface area contributed by atoms with Crippen molar-refractivity contribution < 1.29 is 9.59 Å². The third-order valence-electron chi connectivity index (χ3n) is 0.767. The van der Waals surface area contributed by atoms with Gasteiger partial charge < -0.3 is 5.32 Å². The fourth-order valence-corrected chi connectivity index (χ4v) is 0.304. The minimum atomic E-state index is -0.767. The molecule has 0 spiro atoms. The highest BCUT2D eigenvalue weighted by Crippen LogP contribution is 1.72. The number of carbonyl (C=O) groups is 2. The SMILES string of the molecule is CCC(=O)NCC([NH])=O. The smallest absolute Gasteiger partial charge is 0.257 e. The summed E-state index contributed by atoms with van der Waals surface area (Å²) in [5.41, 5.74) is 6.39. The highest BCUT2D eigenvalue weighted by atomic mass is 16.2. The van der Waals surface area contributed by atoms with Crippen LogP contribution in [-0.4, -0.2) is 18.4 Å². The van der Waals surface area contributed by atoms with E-state index in [9.17, 15) is 9.59 Å². The van der Waals surface area contributed by atoms with E-state index >= 15 is 0 Å². The summed E-state index contributed by atoms with van der Waals surface area (Å²) in [5, 5.41) is 2.26. The van der Waals surface area contributed by atoms with Crippen molar-refractivity contribution in [3.63, 3.8) is 0 Å². The molecule has 4 nitrogen and oxygen atoms in total. The molecule has 0 atom stereocenters. The monoisotopic (exact) mass is 129 g/mol. The minimum Gasteiger partial charge on any atom is -0.347 e. The van der Waals surface area contributed by atoms with E-state index in [0.717, 1.165) is 0 Å². The van der Waals surface area contributed by atoms with Crippen molar-refractivity contribution in [2.75, 3.05) is 6.54 Å². The third-order valence-corrected chi connectivity index (χ3v) is 0.767. The Morgan fingerprint density at radius 1 is 1.56 bits per heavy atom. The second kappa shape index (κ2) is 3.88. The van der Waals surface area contributed by atoms with Gasteiger partial charge in [-0.25, -0.2) is 0 Å². The highest BCUT2D eigenvalue weighted by Gasteiger charge is 1.97. The predicted molar refractivity (Wildman–Crippen MR) is 31.4 cm³/mol. The molecular formula is C5H9N2O2. The van der Waals surface area contributed by atoms with Gasteiger partial charge in [-0.3, -0.25) is 15.3 Å². The van der Waals surface area contributed by atoms with Crippen molar-refractivity contribution in [3.8, 4) is 0 Å². The molecule has 2 amide bonds. The molecule has 0 aromatic carbocycles. The number of hydrogen-bond acceptors (Lipinski definition) is 2. The minimum absolute atomic E-state index is 0.174. The Kier molecular flexibility index (Phi) is 3.43. The lowest BCUT2D eigenvalue weighted by Gasteiger charge is -1.96. The Morgan fingerprint density at radius 2 is 2.11 bits per heavy atom. The molecule has 0 bridgehead atoms. The summed E-state index contributed by atoms with van der Waals surface area (Å²) in [6, 6.07) is 0. The number of amides is 2. The van der Waals surface area contributed by atoms with Gasteiger partial charge in [0, 0.05) is 6.42 Å². The summed E-state index contributed by atoms with van der Waals surface area (Å²) in [6.07, 6.45) is 0.354. The summed E-state index contributed by atoms with van der Waals surface area (Å²) in [7, 11) is 0. The maximum absolute atomic E-state index is 10.4. The molecule has 1 radical (unpaired) electrons. The molecule has 0 aromatic rings. The lowest BCUT2D eigenvalue weighted by Crippen LogP contribution is -2.28. The van der Waals surface area contributed by atoms with Crippen LogP contribution in [0.2, 0.25) is 0 Å². The molecule has 0 rings (SSSR count). The second-order valence-corrected chi connectivity index (χ2v) is 1.55. The first kappa shape index (κ1) is 7.94. The van der Waals surface area contributed by atoms with E-state index in [-0.39, 0.29) is 12.5 Å². The average Bonchev–Trinajstić information content (AvgIpc) is 1.83. The van der Waals surface area contributed by atoms with Gasteiger partial charge in [-0.05, 0) is 0 Å². The van der Waals surface area contributed by atoms with Crippen molar-refractivity contribution >= 4 is 11.8 Å². The molecular weight excluding hydrogens is 120 g/mol. The zero-order chi connectivity index (χ0) is 7.28. The van der Waals surface area contributed by atoms with Gasteiger partial charge in [0.2, 0.25) is 5.91 Å². The number of hydrogen-bond donors (Lipinski definition) is 1. The molecule has 0 aliphatic heterocycles. The van der Waals surface area contributed by atoms with Crippen LogP contribution in [0, 0.1) is 0 Å². The molecule has 4 heteroatoms. The van der Waals surface area contributed by atoms with E-state index in [4.69, 9.17) is 5.73 Å². The van der Waals surface area contributed by atoms with Gasteiger partial charge in [0.05, 0.1) is 6.54 Å². The Labute approximate surface area is 53.4 Å². The molecule has 51 valence electrons. The average molecular weight is 129 g/mol. The molecule has 0 aliphatic carbocycles. The zero-order valence-corrected chi connectivity index (χ0v) is 5.23. The molecule has 0 unspecified atom stereocenters. The Balaban J connectivity index is 3.28. The Bertz CT molecular complexity index is 122. The van der Waals surface area contributed by atoms with Crippen LogP contribution in [0.25, 0.3) is 0 Å². The summed E-state index contributed by atoms with van der Waals surface area (Å²) in [6.45, 7) is 1.51. The van der Waals surface area contributed by atoms with E-state index in [2.05, 4.69) is 5.32 Å². The van der Waals surface area contributed by atoms with E-state index < -0.39 is 5.91 Å². The molecule has 0 fully saturated rings. The van der Waals surface area contributed by atoms with Gasteiger partial charge in [0.25, 0.3) is 5.91 Å². The van der Waals surface area contributed by atoms with E-state index in [1.807, 2.05) is 0 Å². The van der Waals surface area contributed by atoms with Gasteiger partial charge in [-0.2, -0.15) is 0 Å². The van der Waals surface area contributed by atoms with Crippen LogP contribution in [0.1, 0.15) is 13.3 Å². The van der Waals surface area contributed by atoms with Gasteiger partial charge >= 0.3 is 0 Å². The molecule has 9 heavy (non-hydrogen) atoms. The molecule has 0 aromatic heterocycles. The lowest BCUT2D eigenvalue weighted by atomic mass is 10.4. The van der Waals surface area contributed by atoms with E-state index in [1.165, 1.54) is 0 Å². The van der Waals surface area contributed by atoms with Crippen LogP contribution in [0.15, 0.2) is 0 Å². The van der Waals surface area contributed by atoms with Gasteiger partial charge in [0.15, 0.2) is 0 Å². The van der Waals surface area contributed by atoms with Crippen LogP contribution >= 0.6 is 0 Å². The second-order valence-electron chi connectivity index (χ2n) is 1.55. The summed E-state index contributed by atoms with van der Waals surface area (Å²) in [4.78, 5) is 20.3. The maximum atomic E-state index is 10.4. The first-order valence-corrected chi connectivity index (χ1v) is 2.68. The largest absolute Gasteiger partial charge is 0.347 e. The van der Waals surface area contributed by atoms with Crippen molar-refractivity contribution in [1.29, 1.82) is 0 Å². The molecule has 2 N–H and O–H groups in total. The predicted octanol–water partition coefficient (Wildman–Crippen LogP) is -0.678. The Morgan fingerprint density at radius 3 is 2.44 bits per heavy atom. The van der Waals surface area contributed by atoms with Crippen molar-refractivity contribution in [2.24, 2.45) is 0 Å². The van der Waals surface area contributed by atoms with Crippen LogP contribution in [0.4, 0.5) is 0 Å². The van der Waals surface area contributed by atoms with Gasteiger partial charge in [0.1, 0.15) is 0 Å². The van der Waals surface area contributed by atoms with Gasteiger partial charge in [-0.15, -0.1) is 0 Å². The van der Waals surface area contributed by atoms with Crippen LogP contribution in [-0.2, 0) is 9.59 Å². The number of carbonyl (C=O) groups excluding carboxylic acids is 2. The number of nitrogens with one attached hydrogen (secondary N) is 2. The molecule has 0 heterocycles. The standard InChI is InChI=1S/C5H9N2O2/c1-2-5(9)7-3-4(6)8/h6H,2-3H2,1H3,(H,7,9). The normalized spacial score (nSPS) is 8.56. The van der Waals surface area contributed by atoms with Crippen molar-refractivity contribution in [2.45, 2.75) is 13.3 Å². The summed E-state index contributed by atoms with van der Waals surface area (Å²) >= 11 is 0. The lowest BCUT2D eigenvalue weighted by molar-refractivity contribution is -0.124. The topological polar surface area (TPSA) is 70.0 Å². The van der Waals surface area contributed by atoms with Crippen LogP contribution in [0.5, 0.6) is 0 Å². The molecule has 0 aliphatic rings. The Hall–Kier alpha value is -1.06. The van der Waals surface area contributed by atoms with Crippen LogP contribution in [0.3, 0.4) is 0 Å². The first-order valence-electron chi connectivity index (χ1n) is 2.68. The van der Waals surface area contributed by atoms with E-state index in [0.29, 0.717) is 6.42 Å².